The molecule has 5 atom stereocenters. The van der Waals surface area contributed by atoms with Crippen LogP contribution in [0.1, 0.15) is 80.1 Å². The van der Waals surface area contributed by atoms with E-state index >= 15 is 0 Å². The van der Waals surface area contributed by atoms with Crippen LogP contribution in [0.5, 0.6) is 0 Å². The smallest absolute Gasteiger partial charge is 0.323 e. The first-order valence-corrected chi connectivity index (χ1v) is 16.2. The molecule has 2 saturated heterocycles. The van der Waals surface area contributed by atoms with Crippen molar-refractivity contribution in [2.24, 2.45) is 5.92 Å². The van der Waals surface area contributed by atoms with Crippen LogP contribution in [-0.2, 0) is 25.6 Å². The molecule has 47 heavy (non-hydrogen) atoms. The van der Waals surface area contributed by atoms with Crippen LogP contribution < -0.4 is 5.32 Å². The highest BCUT2D eigenvalue weighted by molar-refractivity contribution is 6.03. The Hall–Kier alpha value is -4.22. The highest BCUT2D eigenvalue weighted by Gasteiger charge is 2.42. The van der Waals surface area contributed by atoms with Crippen LogP contribution in [0.3, 0.4) is 0 Å². The summed E-state index contributed by atoms with van der Waals surface area (Å²) in [5, 5.41) is 12.5. The van der Waals surface area contributed by atoms with Crippen LogP contribution >= 0.6 is 0 Å². The number of aliphatic hydroxyl groups is 1. The number of anilines is 1. The van der Waals surface area contributed by atoms with E-state index in [0.717, 1.165) is 36.1 Å². The number of ether oxygens (including phenoxy) is 3. The van der Waals surface area contributed by atoms with Gasteiger partial charge in [-0.2, -0.15) is 0 Å². The Morgan fingerprint density at radius 2 is 1.77 bits per heavy atom. The number of likely N-dealkylation sites (tertiary alicyclic amines) is 1. The number of aliphatic hydroxyl groups excluding tert-OH is 1. The summed E-state index contributed by atoms with van der Waals surface area (Å²) in [6, 6.07) is 22.2. The summed E-state index contributed by atoms with van der Waals surface area (Å²) >= 11 is 0. The first-order chi connectivity index (χ1) is 22.6. The van der Waals surface area contributed by atoms with E-state index in [1.165, 1.54) is 6.20 Å². The fourth-order valence-electron chi connectivity index (χ4n) is 6.27. The highest BCUT2D eigenvalue weighted by Crippen LogP contribution is 2.42. The number of amides is 1. The third-order valence-corrected chi connectivity index (χ3v) is 8.68. The van der Waals surface area contributed by atoms with Gasteiger partial charge >= 0.3 is 5.97 Å². The van der Waals surface area contributed by atoms with E-state index in [0.29, 0.717) is 23.3 Å². The SMILES string of the molecule is C[C@H]1[C@@H](CN2CCC[C@H]2C(=O)OC(C)(C)C)O[C@@H](c2cccc(NC(=O)c3cnc4ccccc4n3)c2)O[C@H]1c1ccc(CO)cc1. The molecular formula is C37H42N4O6. The molecule has 3 heterocycles. The van der Waals surface area contributed by atoms with Crippen molar-refractivity contribution in [3.8, 4) is 0 Å². The van der Waals surface area contributed by atoms with Gasteiger partial charge in [-0.05, 0) is 75.5 Å². The number of aromatic nitrogens is 2. The van der Waals surface area contributed by atoms with E-state index in [9.17, 15) is 14.7 Å². The molecule has 0 unspecified atom stereocenters. The van der Waals surface area contributed by atoms with Crippen LogP contribution in [0.4, 0.5) is 5.69 Å². The van der Waals surface area contributed by atoms with Crippen molar-refractivity contribution in [3.63, 3.8) is 0 Å². The lowest BCUT2D eigenvalue weighted by molar-refractivity contribution is -0.276. The predicted octanol–water partition coefficient (Wildman–Crippen LogP) is 5.97. The Kier molecular flexibility index (Phi) is 9.65. The summed E-state index contributed by atoms with van der Waals surface area (Å²) in [4.78, 5) is 37.3. The zero-order chi connectivity index (χ0) is 33.1. The molecule has 0 spiro atoms. The minimum Gasteiger partial charge on any atom is -0.459 e. The second kappa shape index (κ2) is 13.9. The Balaban J connectivity index is 1.24. The number of carbonyl (C=O) groups is 2. The Bertz CT molecular complexity index is 1720. The number of hydrogen-bond acceptors (Lipinski definition) is 9. The van der Waals surface area contributed by atoms with Gasteiger partial charge in [-0.3, -0.25) is 19.5 Å². The van der Waals surface area contributed by atoms with Gasteiger partial charge in [0.15, 0.2) is 6.29 Å². The highest BCUT2D eigenvalue weighted by atomic mass is 16.7. The standard InChI is InChI=1S/C37H42N4O6/c1-23-32(21-41-18-8-13-31(41)35(44)47-37(2,3)4)45-36(46-33(23)25-16-14-24(22-42)15-17-25)26-9-7-10-27(19-26)39-34(43)30-20-38-28-11-5-6-12-29(28)40-30/h5-7,9-12,14-17,19-20,23,31-33,36,42H,8,13,18,21-22H2,1-4H3,(H,39,43)/t23-,31-,32+,33+,36+/m0/s1. The van der Waals surface area contributed by atoms with Gasteiger partial charge in [0.05, 0.1) is 36.0 Å². The average Bonchev–Trinajstić information content (AvgIpc) is 3.53. The molecule has 1 aromatic heterocycles. The number of nitrogens with zero attached hydrogens (tertiary/aromatic N) is 3. The topological polar surface area (TPSA) is 123 Å². The van der Waals surface area contributed by atoms with Crippen LogP contribution in [0.2, 0.25) is 0 Å². The Morgan fingerprint density at radius 1 is 1.00 bits per heavy atom. The maximum atomic E-state index is 13.2. The van der Waals surface area contributed by atoms with Crippen molar-refractivity contribution in [1.29, 1.82) is 0 Å². The molecule has 4 aromatic rings. The number of esters is 1. The number of hydrogen-bond donors (Lipinski definition) is 2. The fraction of sp³-hybridized carbons (Fsp3) is 0.405. The summed E-state index contributed by atoms with van der Waals surface area (Å²) in [6.07, 6.45) is 1.78. The molecule has 0 saturated carbocycles. The number of fused-ring (bicyclic) bond motifs is 1. The Morgan fingerprint density at radius 3 is 2.51 bits per heavy atom. The molecule has 0 bridgehead atoms. The van der Waals surface area contributed by atoms with Crippen molar-refractivity contribution in [1.82, 2.24) is 14.9 Å². The van der Waals surface area contributed by atoms with Gasteiger partial charge in [0.1, 0.15) is 17.3 Å². The van der Waals surface area contributed by atoms with Gasteiger partial charge in [-0.25, -0.2) is 4.98 Å². The quantitative estimate of drug-likeness (QED) is 0.225. The van der Waals surface area contributed by atoms with Gasteiger partial charge in [0.2, 0.25) is 0 Å². The number of nitrogens with one attached hydrogen (secondary N) is 1. The van der Waals surface area contributed by atoms with Gasteiger partial charge in [-0.15, -0.1) is 0 Å². The Labute approximate surface area is 275 Å². The van der Waals surface area contributed by atoms with E-state index in [1.54, 1.807) is 6.07 Å². The van der Waals surface area contributed by atoms with Crippen molar-refractivity contribution < 1.29 is 28.9 Å². The molecule has 0 aliphatic carbocycles. The lowest BCUT2D eigenvalue weighted by Gasteiger charge is -2.43. The first-order valence-electron chi connectivity index (χ1n) is 16.2. The molecule has 2 aliphatic heterocycles. The first kappa shape index (κ1) is 32.7. The predicted molar refractivity (Wildman–Crippen MR) is 177 cm³/mol. The normalized spacial score (nSPS) is 23.5. The number of para-hydroxylation sites is 2. The lowest BCUT2D eigenvalue weighted by atomic mass is 9.90. The molecule has 6 rings (SSSR count). The van der Waals surface area contributed by atoms with Crippen molar-refractivity contribution in [2.75, 3.05) is 18.4 Å². The van der Waals surface area contributed by atoms with Gasteiger partial charge < -0.3 is 24.6 Å². The van der Waals surface area contributed by atoms with E-state index in [1.807, 2.05) is 87.5 Å². The molecule has 10 heteroatoms. The number of carbonyl (C=O) groups excluding carboxylic acids is 2. The third kappa shape index (κ3) is 7.68. The zero-order valence-electron chi connectivity index (χ0n) is 27.3. The average molecular weight is 639 g/mol. The second-order valence-electron chi connectivity index (χ2n) is 13.3. The van der Waals surface area contributed by atoms with E-state index in [2.05, 4.69) is 27.1 Å². The molecule has 10 nitrogen and oxygen atoms in total. The molecule has 1 amide bonds. The minimum atomic E-state index is -0.737. The monoisotopic (exact) mass is 638 g/mol. The van der Waals surface area contributed by atoms with Crippen LogP contribution in [0.15, 0.2) is 79.0 Å². The lowest BCUT2D eigenvalue weighted by Crippen LogP contribution is -2.48. The van der Waals surface area contributed by atoms with Gasteiger partial charge in [0.25, 0.3) is 5.91 Å². The molecular weight excluding hydrogens is 596 g/mol. The summed E-state index contributed by atoms with van der Waals surface area (Å²) in [7, 11) is 0. The summed E-state index contributed by atoms with van der Waals surface area (Å²) in [5.41, 5.74) is 4.10. The fourth-order valence-corrected chi connectivity index (χ4v) is 6.27. The largest absolute Gasteiger partial charge is 0.459 e. The van der Waals surface area contributed by atoms with Gasteiger partial charge in [-0.1, -0.05) is 55.5 Å². The summed E-state index contributed by atoms with van der Waals surface area (Å²) < 4.78 is 19.1. The summed E-state index contributed by atoms with van der Waals surface area (Å²) in [5.74, 6) is -0.635. The third-order valence-electron chi connectivity index (χ3n) is 8.68. The zero-order valence-corrected chi connectivity index (χ0v) is 27.3. The second-order valence-corrected chi connectivity index (χ2v) is 13.3. The van der Waals surface area contributed by atoms with Crippen LogP contribution in [0, 0.1) is 5.92 Å². The molecule has 2 fully saturated rings. The number of benzene rings is 3. The van der Waals surface area contributed by atoms with Gasteiger partial charge in [0, 0.05) is 23.7 Å². The summed E-state index contributed by atoms with van der Waals surface area (Å²) in [6.45, 7) is 9.03. The van der Waals surface area contributed by atoms with Crippen molar-refractivity contribution >= 4 is 28.6 Å². The van der Waals surface area contributed by atoms with Crippen LogP contribution in [-0.4, -0.2) is 62.7 Å². The van der Waals surface area contributed by atoms with E-state index in [4.69, 9.17) is 14.2 Å². The van der Waals surface area contributed by atoms with Crippen molar-refractivity contribution in [2.45, 2.75) is 77.3 Å². The van der Waals surface area contributed by atoms with E-state index in [-0.39, 0.29) is 48.3 Å². The maximum Gasteiger partial charge on any atom is 0.323 e. The molecule has 0 radical (unpaired) electrons. The molecule has 2 N–H and O–H groups in total. The van der Waals surface area contributed by atoms with E-state index < -0.39 is 11.9 Å². The van der Waals surface area contributed by atoms with Crippen molar-refractivity contribution in [3.05, 3.63) is 101 Å². The maximum absolute atomic E-state index is 13.2. The number of rotatable bonds is 8. The molecule has 2 aliphatic rings. The molecule has 246 valence electrons. The molecule has 3 aromatic carbocycles. The van der Waals surface area contributed by atoms with Crippen LogP contribution in [0.25, 0.3) is 11.0 Å². The minimum absolute atomic E-state index is 0.0416.